The first-order valence-corrected chi connectivity index (χ1v) is 8.92. The smallest absolute Gasteiger partial charge is 0.245 e. The van der Waals surface area contributed by atoms with Gasteiger partial charge in [-0.25, -0.2) is 13.4 Å². The fourth-order valence-electron chi connectivity index (χ4n) is 2.93. The molecule has 1 fully saturated rings. The average molecular weight is 344 g/mol. The lowest BCUT2D eigenvalue weighted by Gasteiger charge is -2.38. The molecule has 2 N–H and O–H groups in total. The molecule has 8 heteroatoms. The summed E-state index contributed by atoms with van der Waals surface area (Å²) in [6.07, 6.45) is 4.50. The molecule has 22 heavy (non-hydrogen) atoms. The summed E-state index contributed by atoms with van der Waals surface area (Å²) < 4.78 is 27.3. The zero-order valence-electron chi connectivity index (χ0n) is 12.2. The van der Waals surface area contributed by atoms with Gasteiger partial charge in [-0.15, -0.1) is 0 Å². The number of halogens is 1. The summed E-state index contributed by atoms with van der Waals surface area (Å²) in [4.78, 5) is 7.10. The van der Waals surface area contributed by atoms with Crippen molar-refractivity contribution in [3.8, 4) is 0 Å². The number of aromatic amines is 1. The predicted octanol–water partition coefficient (Wildman–Crippen LogP) is 2.00. The third-order valence-electron chi connectivity index (χ3n) is 4.23. The Hall–Kier alpha value is -1.15. The van der Waals surface area contributed by atoms with Gasteiger partial charge in [-0.2, -0.15) is 4.31 Å². The molecule has 0 aromatic carbocycles. The molecular formula is C14H18ClN3O3S. The number of nitrogens with one attached hydrogen (secondary N) is 1. The van der Waals surface area contributed by atoms with Crippen LogP contribution >= 0.6 is 11.6 Å². The molecule has 1 aliphatic rings. The van der Waals surface area contributed by atoms with Gasteiger partial charge in [0.2, 0.25) is 10.0 Å². The van der Waals surface area contributed by atoms with Gasteiger partial charge in [0.05, 0.1) is 10.4 Å². The maximum Gasteiger partial charge on any atom is 0.245 e. The predicted molar refractivity (Wildman–Crippen MR) is 84.3 cm³/mol. The highest BCUT2D eigenvalue weighted by molar-refractivity contribution is 7.89. The number of piperidine rings is 1. The maximum absolute atomic E-state index is 13.0. The number of pyridine rings is 1. The van der Waals surface area contributed by atoms with Crippen LogP contribution in [0.25, 0.3) is 11.0 Å². The Morgan fingerprint density at radius 3 is 3.05 bits per heavy atom. The molecule has 1 saturated heterocycles. The van der Waals surface area contributed by atoms with E-state index in [2.05, 4.69) is 9.97 Å². The van der Waals surface area contributed by atoms with Crippen molar-refractivity contribution in [2.24, 2.45) is 5.41 Å². The number of hydrogen-bond donors (Lipinski definition) is 2. The SMILES string of the molecule is CC1(CO)CCCN(S(=O)(=O)c2c[nH]c3nccc(Cl)c23)C1. The lowest BCUT2D eigenvalue weighted by atomic mass is 9.84. The molecule has 2 aromatic heterocycles. The molecule has 0 amide bonds. The van der Waals surface area contributed by atoms with Crippen LogP contribution in [-0.2, 0) is 10.0 Å². The number of fused-ring (bicyclic) bond motifs is 1. The van der Waals surface area contributed by atoms with Gasteiger partial charge in [-0.05, 0) is 18.9 Å². The second kappa shape index (κ2) is 5.49. The van der Waals surface area contributed by atoms with Crippen LogP contribution < -0.4 is 0 Å². The molecule has 6 nitrogen and oxygen atoms in total. The second-order valence-corrected chi connectivity index (χ2v) is 8.39. The Labute approximate surface area is 134 Å². The molecule has 1 unspecified atom stereocenters. The quantitative estimate of drug-likeness (QED) is 0.892. The van der Waals surface area contributed by atoms with Gasteiger partial charge in [-0.1, -0.05) is 18.5 Å². The number of nitrogens with zero attached hydrogens (tertiary/aromatic N) is 2. The summed E-state index contributed by atoms with van der Waals surface area (Å²) in [5.41, 5.74) is 0.0486. The highest BCUT2D eigenvalue weighted by Crippen LogP contribution is 2.35. The lowest BCUT2D eigenvalue weighted by Crippen LogP contribution is -2.46. The summed E-state index contributed by atoms with van der Waals surface area (Å²) in [6.45, 7) is 2.62. The van der Waals surface area contributed by atoms with E-state index < -0.39 is 15.4 Å². The molecule has 0 bridgehead atoms. The first kappa shape index (κ1) is 15.7. The van der Waals surface area contributed by atoms with Crippen LogP contribution in [0, 0.1) is 5.41 Å². The molecule has 0 spiro atoms. The Balaban J connectivity index is 2.05. The Morgan fingerprint density at radius 2 is 2.32 bits per heavy atom. The van der Waals surface area contributed by atoms with E-state index in [0.717, 1.165) is 12.8 Å². The molecule has 3 rings (SSSR count). The normalized spacial score (nSPS) is 24.0. The minimum atomic E-state index is -3.68. The topological polar surface area (TPSA) is 86.3 Å². The minimum Gasteiger partial charge on any atom is -0.396 e. The first-order chi connectivity index (χ1) is 10.4. The highest BCUT2D eigenvalue weighted by Gasteiger charge is 2.37. The highest BCUT2D eigenvalue weighted by atomic mass is 35.5. The van der Waals surface area contributed by atoms with E-state index in [4.69, 9.17) is 11.6 Å². The van der Waals surface area contributed by atoms with Crippen LogP contribution in [0.3, 0.4) is 0 Å². The number of sulfonamides is 1. The summed E-state index contributed by atoms with van der Waals surface area (Å²) in [5.74, 6) is 0. The first-order valence-electron chi connectivity index (χ1n) is 7.10. The van der Waals surface area contributed by atoms with Crippen molar-refractivity contribution in [2.75, 3.05) is 19.7 Å². The van der Waals surface area contributed by atoms with Crippen LogP contribution in [0.2, 0.25) is 5.02 Å². The monoisotopic (exact) mass is 343 g/mol. The Bertz CT molecular complexity index is 805. The molecule has 1 atom stereocenters. The number of rotatable bonds is 3. The standard InChI is InChI=1S/C14H18ClN3O3S/c1-14(9-19)4-2-6-18(8-14)22(20,21)11-7-17-13-12(11)10(15)3-5-16-13/h3,5,7,19H,2,4,6,8-9H2,1H3,(H,16,17). The number of aromatic nitrogens is 2. The molecular weight excluding hydrogens is 326 g/mol. The van der Waals surface area contributed by atoms with Crippen molar-refractivity contribution in [2.45, 2.75) is 24.7 Å². The van der Waals surface area contributed by atoms with E-state index in [9.17, 15) is 13.5 Å². The fourth-order valence-corrected chi connectivity index (χ4v) is 5.04. The summed E-state index contributed by atoms with van der Waals surface area (Å²) >= 11 is 6.15. The fraction of sp³-hybridized carbons (Fsp3) is 0.500. The van der Waals surface area contributed by atoms with Crippen molar-refractivity contribution in [3.63, 3.8) is 0 Å². The minimum absolute atomic E-state index is 0.0325. The van der Waals surface area contributed by atoms with E-state index in [-0.39, 0.29) is 11.5 Å². The van der Waals surface area contributed by atoms with Gasteiger partial charge in [0.25, 0.3) is 0 Å². The molecule has 0 radical (unpaired) electrons. The van der Waals surface area contributed by atoms with Crippen LogP contribution in [-0.4, -0.2) is 47.5 Å². The second-order valence-electron chi connectivity index (χ2n) is 6.08. The van der Waals surface area contributed by atoms with Gasteiger partial charge in [0, 0.05) is 37.5 Å². The van der Waals surface area contributed by atoms with Gasteiger partial charge in [0.15, 0.2) is 0 Å². The van der Waals surface area contributed by atoms with E-state index in [0.29, 0.717) is 29.1 Å². The molecule has 0 saturated carbocycles. The zero-order valence-corrected chi connectivity index (χ0v) is 13.8. The van der Waals surface area contributed by atoms with Gasteiger partial charge >= 0.3 is 0 Å². The Kier molecular flexibility index (Phi) is 3.92. The molecule has 0 aliphatic carbocycles. The molecule has 3 heterocycles. The molecule has 120 valence electrons. The third-order valence-corrected chi connectivity index (χ3v) is 6.42. The van der Waals surface area contributed by atoms with E-state index >= 15 is 0 Å². The maximum atomic E-state index is 13.0. The summed E-state index contributed by atoms with van der Waals surface area (Å²) in [7, 11) is -3.68. The largest absolute Gasteiger partial charge is 0.396 e. The van der Waals surface area contributed by atoms with Crippen molar-refractivity contribution < 1.29 is 13.5 Å². The van der Waals surface area contributed by atoms with Gasteiger partial charge < -0.3 is 10.1 Å². The molecule has 2 aromatic rings. The van der Waals surface area contributed by atoms with E-state index in [1.165, 1.54) is 16.7 Å². The van der Waals surface area contributed by atoms with Crippen LogP contribution in [0.1, 0.15) is 19.8 Å². The van der Waals surface area contributed by atoms with Crippen molar-refractivity contribution >= 4 is 32.7 Å². The van der Waals surface area contributed by atoms with Gasteiger partial charge in [0.1, 0.15) is 10.5 Å². The third kappa shape index (κ3) is 2.52. The number of aliphatic hydroxyl groups excluding tert-OH is 1. The van der Waals surface area contributed by atoms with Crippen LogP contribution in [0.5, 0.6) is 0 Å². The lowest BCUT2D eigenvalue weighted by molar-refractivity contribution is 0.0811. The molecule has 1 aliphatic heterocycles. The van der Waals surface area contributed by atoms with Gasteiger partial charge in [-0.3, -0.25) is 0 Å². The van der Waals surface area contributed by atoms with Crippen molar-refractivity contribution in [1.82, 2.24) is 14.3 Å². The van der Waals surface area contributed by atoms with Crippen molar-refractivity contribution in [3.05, 3.63) is 23.5 Å². The number of hydrogen-bond acceptors (Lipinski definition) is 4. The Morgan fingerprint density at radius 1 is 1.55 bits per heavy atom. The zero-order chi connectivity index (χ0) is 16.0. The van der Waals surface area contributed by atoms with E-state index in [1.807, 2.05) is 6.92 Å². The van der Waals surface area contributed by atoms with Crippen LogP contribution in [0.4, 0.5) is 0 Å². The van der Waals surface area contributed by atoms with Crippen LogP contribution in [0.15, 0.2) is 23.4 Å². The van der Waals surface area contributed by atoms with Crippen molar-refractivity contribution in [1.29, 1.82) is 0 Å². The average Bonchev–Trinajstić information content (AvgIpc) is 2.93. The summed E-state index contributed by atoms with van der Waals surface area (Å²) in [6, 6.07) is 1.57. The summed E-state index contributed by atoms with van der Waals surface area (Å²) in [5, 5.41) is 10.3. The number of H-pyrrole nitrogens is 1. The number of aliphatic hydroxyl groups is 1. The van der Waals surface area contributed by atoms with E-state index in [1.54, 1.807) is 6.07 Å².